The standard InChI is InChI=1S/C5H10N2.2C2H6.C2H4/c1-3-4-5-7-6-2;3*1-2/h3-6H,1-2H3;2*1-2H3;1-2H2/b4-3-,7-5-;;;. The molecule has 0 aromatic heterocycles. The van der Waals surface area contributed by atoms with Crippen molar-refractivity contribution in [2.45, 2.75) is 34.6 Å². The SMILES string of the molecule is C/C=C\C=N/NC.C=C.CC.CC. The second-order valence-electron chi connectivity index (χ2n) is 1.03. The van der Waals surface area contributed by atoms with Gasteiger partial charge in [-0.3, -0.25) is 0 Å². The fraction of sp³-hybridized carbons (Fsp3) is 0.545. The lowest BCUT2D eigenvalue weighted by molar-refractivity contribution is 0.909. The van der Waals surface area contributed by atoms with Crippen LogP contribution in [0.3, 0.4) is 0 Å². The Kier molecular flexibility index (Phi) is 121. The molecule has 0 saturated carbocycles. The Hall–Kier alpha value is -1.05. The molecule has 2 heteroatoms. The fourth-order valence-electron chi connectivity index (χ4n) is 0.204. The minimum Gasteiger partial charge on any atom is -0.313 e. The van der Waals surface area contributed by atoms with Crippen molar-refractivity contribution >= 4 is 6.21 Å². The first-order valence-corrected chi connectivity index (χ1v) is 4.73. The zero-order valence-corrected chi connectivity index (χ0v) is 10.1. The molecule has 0 aromatic carbocycles. The molecule has 0 unspecified atom stereocenters. The highest BCUT2D eigenvalue weighted by molar-refractivity contribution is 5.70. The average molecular weight is 186 g/mol. The number of hydrogen-bond donors (Lipinski definition) is 1. The second-order valence-corrected chi connectivity index (χ2v) is 1.03. The summed E-state index contributed by atoms with van der Waals surface area (Å²) in [6.45, 7) is 15.9. The highest BCUT2D eigenvalue weighted by Gasteiger charge is 1.54. The lowest BCUT2D eigenvalue weighted by Crippen LogP contribution is -1.91. The molecule has 80 valence electrons. The van der Waals surface area contributed by atoms with E-state index in [2.05, 4.69) is 23.7 Å². The third kappa shape index (κ3) is 101. The zero-order chi connectivity index (χ0) is 11.5. The van der Waals surface area contributed by atoms with Crippen LogP contribution in [0.5, 0.6) is 0 Å². The van der Waals surface area contributed by atoms with Gasteiger partial charge in [-0.05, 0) is 13.0 Å². The van der Waals surface area contributed by atoms with E-state index in [1.165, 1.54) is 0 Å². The van der Waals surface area contributed by atoms with Crippen molar-refractivity contribution in [3.05, 3.63) is 25.3 Å². The van der Waals surface area contributed by atoms with Crippen LogP contribution in [-0.2, 0) is 0 Å². The number of nitrogens with zero attached hydrogens (tertiary/aromatic N) is 1. The molecule has 0 radical (unpaired) electrons. The van der Waals surface area contributed by atoms with E-state index in [0.717, 1.165) is 0 Å². The maximum atomic E-state index is 3.70. The van der Waals surface area contributed by atoms with E-state index in [9.17, 15) is 0 Å². The first-order chi connectivity index (χ1) is 6.41. The lowest BCUT2D eigenvalue weighted by Gasteiger charge is -1.77. The molecule has 0 atom stereocenters. The lowest BCUT2D eigenvalue weighted by atomic mass is 10.6. The van der Waals surface area contributed by atoms with Crippen LogP contribution in [0.2, 0.25) is 0 Å². The topological polar surface area (TPSA) is 24.4 Å². The molecule has 0 heterocycles. The Morgan fingerprint density at radius 3 is 1.69 bits per heavy atom. The van der Waals surface area contributed by atoms with Crippen molar-refractivity contribution in [2.75, 3.05) is 7.05 Å². The van der Waals surface area contributed by atoms with Gasteiger partial charge in [-0.15, -0.1) is 13.2 Å². The van der Waals surface area contributed by atoms with Gasteiger partial charge in [-0.1, -0.05) is 33.8 Å². The van der Waals surface area contributed by atoms with Crippen LogP contribution in [0.15, 0.2) is 30.4 Å². The Morgan fingerprint density at radius 1 is 1.08 bits per heavy atom. The highest BCUT2D eigenvalue weighted by atomic mass is 15.3. The Balaban J connectivity index is -0.0000000573. The fourth-order valence-corrected chi connectivity index (χ4v) is 0.204. The first kappa shape index (κ1) is 22.7. The quantitative estimate of drug-likeness (QED) is 0.397. The number of nitrogens with one attached hydrogen (secondary N) is 1. The van der Waals surface area contributed by atoms with Crippen molar-refractivity contribution in [1.29, 1.82) is 0 Å². The molecule has 0 fully saturated rings. The van der Waals surface area contributed by atoms with Crippen molar-refractivity contribution in [2.24, 2.45) is 5.10 Å². The zero-order valence-electron chi connectivity index (χ0n) is 10.1. The van der Waals surface area contributed by atoms with E-state index >= 15 is 0 Å². The Morgan fingerprint density at radius 2 is 1.46 bits per heavy atom. The van der Waals surface area contributed by atoms with Crippen molar-refractivity contribution in [1.82, 2.24) is 5.43 Å². The van der Waals surface area contributed by atoms with Gasteiger partial charge >= 0.3 is 0 Å². The minimum atomic E-state index is 1.69. The normalized spacial score (nSPS) is 7.23. The highest BCUT2D eigenvalue weighted by Crippen LogP contribution is 1.60. The van der Waals surface area contributed by atoms with Crippen LogP contribution in [0.1, 0.15) is 34.6 Å². The summed E-state index contributed by atoms with van der Waals surface area (Å²) < 4.78 is 0. The van der Waals surface area contributed by atoms with E-state index < -0.39 is 0 Å². The van der Waals surface area contributed by atoms with Gasteiger partial charge in [0.25, 0.3) is 0 Å². The Labute approximate surface area is 84.4 Å². The van der Waals surface area contributed by atoms with E-state index in [1.807, 2.05) is 46.8 Å². The van der Waals surface area contributed by atoms with Crippen LogP contribution in [-0.4, -0.2) is 13.3 Å². The summed E-state index contributed by atoms with van der Waals surface area (Å²) in [7, 11) is 1.76. The molecule has 1 N–H and O–H groups in total. The molecule has 13 heavy (non-hydrogen) atoms. The summed E-state index contributed by atoms with van der Waals surface area (Å²) in [5.41, 5.74) is 2.62. The summed E-state index contributed by atoms with van der Waals surface area (Å²) in [6.07, 6.45) is 5.47. The third-order valence-electron chi connectivity index (χ3n) is 0.482. The largest absolute Gasteiger partial charge is 0.313 e. The molecular formula is C11H26N2. The summed E-state index contributed by atoms with van der Waals surface area (Å²) in [5, 5.41) is 3.70. The smallest absolute Gasteiger partial charge is 0.0464 e. The maximum absolute atomic E-state index is 3.70. The number of rotatable bonds is 2. The van der Waals surface area contributed by atoms with Gasteiger partial charge in [0.2, 0.25) is 0 Å². The monoisotopic (exact) mass is 186 g/mol. The summed E-state index contributed by atoms with van der Waals surface area (Å²) >= 11 is 0. The molecular weight excluding hydrogens is 160 g/mol. The third-order valence-corrected chi connectivity index (χ3v) is 0.482. The van der Waals surface area contributed by atoms with Gasteiger partial charge in [-0.25, -0.2) is 0 Å². The molecule has 0 saturated heterocycles. The van der Waals surface area contributed by atoms with Crippen molar-refractivity contribution < 1.29 is 0 Å². The Bertz CT molecular complexity index is 86.1. The van der Waals surface area contributed by atoms with Crippen molar-refractivity contribution in [3.8, 4) is 0 Å². The maximum Gasteiger partial charge on any atom is 0.0464 e. The van der Waals surface area contributed by atoms with Crippen molar-refractivity contribution in [3.63, 3.8) is 0 Å². The van der Waals surface area contributed by atoms with Crippen LogP contribution in [0, 0.1) is 0 Å². The van der Waals surface area contributed by atoms with Gasteiger partial charge in [0.05, 0.1) is 0 Å². The molecule has 0 rings (SSSR count). The molecule has 0 aliphatic heterocycles. The van der Waals surface area contributed by atoms with Gasteiger partial charge < -0.3 is 5.43 Å². The van der Waals surface area contributed by atoms with Gasteiger partial charge in [-0.2, -0.15) is 5.10 Å². The molecule has 0 aliphatic carbocycles. The van der Waals surface area contributed by atoms with E-state index in [-0.39, 0.29) is 0 Å². The predicted octanol–water partition coefficient (Wildman–Crippen LogP) is 3.62. The van der Waals surface area contributed by atoms with Gasteiger partial charge in [0, 0.05) is 13.3 Å². The molecule has 0 amide bonds. The van der Waals surface area contributed by atoms with E-state index in [0.29, 0.717) is 0 Å². The average Bonchev–Trinajstić information content (AvgIpc) is 2.27. The number of allylic oxidation sites excluding steroid dienone is 2. The van der Waals surface area contributed by atoms with Gasteiger partial charge in [0.1, 0.15) is 0 Å². The second kappa shape index (κ2) is 69.5. The number of hydrogen-bond acceptors (Lipinski definition) is 2. The minimum absolute atomic E-state index is 1.69. The molecule has 0 bridgehead atoms. The van der Waals surface area contributed by atoms with E-state index in [1.54, 1.807) is 13.3 Å². The summed E-state index contributed by atoms with van der Waals surface area (Å²) in [5.74, 6) is 0. The summed E-state index contributed by atoms with van der Waals surface area (Å²) in [6, 6.07) is 0. The van der Waals surface area contributed by atoms with E-state index in [4.69, 9.17) is 0 Å². The predicted molar refractivity (Wildman–Crippen MR) is 66.3 cm³/mol. The van der Waals surface area contributed by atoms with Crippen LogP contribution in [0.25, 0.3) is 0 Å². The van der Waals surface area contributed by atoms with Gasteiger partial charge in [0.15, 0.2) is 0 Å². The van der Waals surface area contributed by atoms with Crippen LogP contribution in [0.4, 0.5) is 0 Å². The molecule has 2 nitrogen and oxygen atoms in total. The summed E-state index contributed by atoms with van der Waals surface area (Å²) in [4.78, 5) is 0. The van der Waals surface area contributed by atoms with Crippen LogP contribution < -0.4 is 5.43 Å². The molecule has 0 aliphatic rings. The molecule has 0 aromatic rings. The molecule has 0 spiro atoms. The van der Waals surface area contributed by atoms with Crippen LogP contribution >= 0.6 is 0 Å². The first-order valence-electron chi connectivity index (χ1n) is 4.73. The number of hydrazone groups is 1.